The predicted molar refractivity (Wildman–Crippen MR) is 58.7 cm³/mol. The summed E-state index contributed by atoms with van der Waals surface area (Å²) in [6.07, 6.45) is -10.4. The number of aromatic nitrogens is 1. The topological polar surface area (TPSA) is 39.2 Å². The zero-order valence-electron chi connectivity index (χ0n) is 9.07. The van der Waals surface area contributed by atoms with Gasteiger partial charge in [0, 0.05) is 10.9 Å². The zero-order chi connectivity index (χ0) is 15.7. The Labute approximate surface area is 121 Å². The second-order valence-electron chi connectivity index (χ2n) is 3.28. The summed E-state index contributed by atoms with van der Waals surface area (Å²) in [4.78, 5) is 14.1. The third-order valence-corrected chi connectivity index (χ3v) is 2.71. The van der Waals surface area contributed by atoms with E-state index < -0.39 is 45.7 Å². The third-order valence-electron chi connectivity index (χ3n) is 1.97. The molecule has 20 heavy (non-hydrogen) atoms. The van der Waals surface area contributed by atoms with Gasteiger partial charge in [-0.1, -0.05) is 15.9 Å². The Hall–Kier alpha value is -1.03. The molecule has 0 spiro atoms. The van der Waals surface area contributed by atoms with Gasteiger partial charge in [0.15, 0.2) is 5.75 Å². The minimum atomic E-state index is -5.34. The molecule has 0 atom stereocenters. The average Bonchev–Trinajstić information content (AvgIpc) is 2.23. The van der Waals surface area contributed by atoms with Gasteiger partial charge in [-0.15, -0.1) is 13.2 Å². The maximum absolute atomic E-state index is 12.9. The zero-order valence-corrected chi connectivity index (χ0v) is 11.4. The molecule has 0 saturated heterocycles. The first-order valence-corrected chi connectivity index (χ1v) is 6.08. The molecule has 0 aliphatic carbocycles. The normalized spacial score (nSPS) is 12.4. The Morgan fingerprint density at radius 3 is 2.20 bits per heavy atom. The summed E-state index contributed by atoms with van der Waals surface area (Å²) in [7, 11) is 0. The second kappa shape index (κ2) is 5.76. The number of carbonyl (C=O) groups excluding carboxylic acids is 1. The Kier molecular flexibility index (Phi) is 4.90. The molecule has 1 aromatic rings. The maximum Gasteiger partial charge on any atom is 0.573 e. The van der Waals surface area contributed by atoms with Crippen LogP contribution >= 0.6 is 27.5 Å². The lowest BCUT2D eigenvalue weighted by Gasteiger charge is -2.18. The highest BCUT2D eigenvalue weighted by Crippen LogP contribution is 2.42. The van der Waals surface area contributed by atoms with Crippen molar-refractivity contribution >= 4 is 32.8 Å². The summed E-state index contributed by atoms with van der Waals surface area (Å²) < 4.78 is 78.1. The van der Waals surface area contributed by atoms with Crippen molar-refractivity contribution in [3.05, 3.63) is 23.0 Å². The highest BCUT2D eigenvalue weighted by atomic mass is 79.9. The largest absolute Gasteiger partial charge is 0.573 e. The van der Waals surface area contributed by atoms with Crippen molar-refractivity contribution in [1.29, 1.82) is 0 Å². The average molecular weight is 386 g/mol. The van der Waals surface area contributed by atoms with Crippen LogP contribution in [0.25, 0.3) is 0 Å². The van der Waals surface area contributed by atoms with Crippen LogP contribution in [-0.2, 0) is 11.5 Å². The van der Waals surface area contributed by atoms with Crippen molar-refractivity contribution in [2.75, 3.05) is 0 Å². The van der Waals surface area contributed by atoms with E-state index in [1.165, 1.54) is 0 Å². The van der Waals surface area contributed by atoms with Gasteiger partial charge in [0.05, 0.1) is 6.20 Å². The standard InChI is InChI=1S/C9H3BrClF6NO2/c10-1-3-5(8(12,13)14)4(20-9(15,16)17)2-18-6(3)7(11)19/h2H,1H2. The minimum Gasteiger partial charge on any atom is -0.403 e. The van der Waals surface area contributed by atoms with Crippen LogP contribution in [0.3, 0.4) is 0 Å². The highest BCUT2D eigenvalue weighted by Gasteiger charge is 2.42. The molecule has 0 unspecified atom stereocenters. The number of halogens is 8. The summed E-state index contributed by atoms with van der Waals surface area (Å²) in [5, 5.41) is -1.92. The van der Waals surface area contributed by atoms with Crippen LogP contribution in [0.4, 0.5) is 26.3 Å². The van der Waals surface area contributed by atoms with E-state index in [9.17, 15) is 31.1 Å². The van der Waals surface area contributed by atoms with E-state index in [4.69, 9.17) is 11.6 Å². The summed E-state index contributed by atoms with van der Waals surface area (Å²) >= 11 is 7.69. The fraction of sp³-hybridized carbons (Fsp3) is 0.333. The third kappa shape index (κ3) is 3.98. The van der Waals surface area contributed by atoms with Crippen molar-refractivity contribution in [2.45, 2.75) is 17.9 Å². The molecule has 0 N–H and O–H groups in total. The molecule has 0 saturated carbocycles. The summed E-state index contributed by atoms with van der Waals surface area (Å²) in [6, 6.07) is 0. The van der Waals surface area contributed by atoms with E-state index in [0.29, 0.717) is 0 Å². The van der Waals surface area contributed by atoms with E-state index >= 15 is 0 Å². The first-order chi connectivity index (χ1) is 8.97. The Morgan fingerprint density at radius 2 is 1.85 bits per heavy atom. The lowest BCUT2D eigenvalue weighted by Crippen LogP contribution is -2.22. The van der Waals surface area contributed by atoms with Crippen molar-refractivity contribution in [2.24, 2.45) is 0 Å². The van der Waals surface area contributed by atoms with Crippen LogP contribution in [0.1, 0.15) is 21.6 Å². The molecular formula is C9H3BrClF6NO2. The molecule has 0 fully saturated rings. The van der Waals surface area contributed by atoms with Gasteiger partial charge in [0.2, 0.25) is 0 Å². The van der Waals surface area contributed by atoms with Crippen LogP contribution in [-0.4, -0.2) is 16.6 Å². The molecule has 1 aromatic heterocycles. The molecule has 3 nitrogen and oxygen atoms in total. The molecule has 0 aliphatic rings. The number of nitrogens with zero attached hydrogens (tertiary/aromatic N) is 1. The molecule has 0 aliphatic heterocycles. The first-order valence-electron chi connectivity index (χ1n) is 4.58. The van der Waals surface area contributed by atoms with Crippen LogP contribution in [0, 0.1) is 0 Å². The number of hydrogen-bond donors (Lipinski definition) is 0. The first kappa shape index (κ1) is 17.0. The Morgan fingerprint density at radius 1 is 1.30 bits per heavy atom. The lowest BCUT2D eigenvalue weighted by atomic mass is 10.1. The number of alkyl halides is 7. The van der Waals surface area contributed by atoms with Crippen molar-refractivity contribution in [3.8, 4) is 5.75 Å². The van der Waals surface area contributed by atoms with Gasteiger partial charge < -0.3 is 4.74 Å². The van der Waals surface area contributed by atoms with Crippen LogP contribution in [0.5, 0.6) is 5.75 Å². The Bertz CT molecular complexity index is 530. The number of pyridine rings is 1. The second-order valence-corrected chi connectivity index (χ2v) is 4.18. The quantitative estimate of drug-likeness (QED) is 0.442. The highest BCUT2D eigenvalue weighted by molar-refractivity contribution is 9.08. The SMILES string of the molecule is O=C(Cl)c1ncc(OC(F)(F)F)c(C(F)(F)F)c1CBr. The molecule has 0 amide bonds. The monoisotopic (exact) mass is 385 g/mol. The summed E-state index contributed by atoms with van der Waals surface area (Å²) in [5.74, 6) is -1.55. The molecule has 11 heteroatoms. The molecule has 1 rings (SSSR count). The van der Waals surface area contributed by atoms with Crippen molar-refractivity contribution < 1.29 is 35.9 Å². The van der Waals surface area contributed by atoms with E-state index in [2.05, 4.69) is 25.7 Å². The fourth-order valence-electron chi connectivity index (χ4n) is 1.35. The molecule has 0 bridgehead atoms. The maximum atomic E-state index is 12.9. The predicted octanol–water partition coefficient (Wildman–Crippen LogP) is 4.27. The molecule has 0 radical (unpaired) electrons. The van der Waals surface area contributed by atoms with Crippen LogP contribution in [0.2, 0.25) is 0 Å². The van der Waals surface area contributed by atoms with Gasteiger partial charge in [-0.2, -0.15) is 13.2 Å². The van der Waals surface area contributed by atoms with Gasteiger partial charge in [-0.3, -0.25) is 4.79 Å². The van der Waals surface area contributed by atoms with Crippen LogP contribution in [0.15, 0.2) is 6.20 Å². The summed E-state index contributed by atoms with van der Waals surface area (Å²) in [6.45, 7) is 0. The number of hydrogen-bond acceptors (Lipinski definition) is 3. The minimum absolute atomic E-state index is 0.151. The van der Waals surface area contributed by atoms with Gasteiger partial charge in [0.1, 0.15) is 11.3 Å². The van der Waals surface area contributed by atoms with E-state index in [1.807, 2.05) is 0 Å². The lowest BCUT2D eigenvalue weighted by molar-refractivity contribution is -0.276. The van der Waals surface area contributed by atoms with Crippen LogP contribution < -0.4 is 4.74 Å². The van der Waals surface area contributed by atoms with Gasteiger partial charge in [-0.05, 0) is 11.6 Å². The molecule has 112 valence electrons. The van der Waals surface area contributed by atoms with E-state index in [1.54, 1.807) is 0 Å². The van der Waals surface area contributed by atoms with Crippen molar-refractivity contribution in [1.82, 2.24) is 4.98 Å². The van der Waals surface area contributed by atoms with Crippen molar-refractivity contribution in [3.63, 3.8) is 0 Å². The van der Waals surface area contributed by atoms with Gasteiger partial charge in [-0.25, -0.2) is 4.98 Å². The molecule has 1 heterocycles. The molecular weight excluding hydrogens is 383 g/mol. The number of ether oxygens (including phenoxy) is 1. The number of carbonyl (C=O) groups is 1. The number of rotatable bonds is 3. The van der Waals surface area contributed by atoms with E-state index in [-0.39, 0.29) is 6.20 Å². The Balaban J connectivity index is 3.59. The smallest absolute Gasteiger partial charge is 0.403 e. The molecule has 0 aromatic carbocycles. The fourth-order valence-corrected chi connectivity index (χ4v) is 2.05. The summed E-state index contributed by atoms with van der Waals surface area (Å²) in [5.41, 5.74) is -3.39. The van der Waals surface area contributed by atoms with E-state index in [0.717, 1.165) is 0 Å². The van der Waals surface area contributed by atoms with Gasteiger partial charge in [0.25, 0.3) is 5.24 Å². The van der Waals surface area contributed by atoms with Gasteiger partial charge >= 0.3 is 12.5 Å².